The van der Waals surface area contributed by atoms with Crippen LogP contribution in [0.1, 0.15) is 41.8 Å². The Labute approximate surface area is 189 Å². The zero-order valence-electron chi connectivity index (χ0n) is 17.7. The minimum absolute atomic E-state index is 0.000239. The van der Waals surface area contributed by atoms with Gasteiger partial charge in [0.2, 0.25) is 15.8 Å². The van der Waals surface area contributed by atoms with Gasteiger partial charge in [-0.05, 0) is 49.7 Å². The number of nitrogens with zero attached hydrogens (tertiary/aromatic N) is 2. The molecule has 3 N–H and O–H groups in total. The number of hydrogen-bond acceptors (Lipinski definition) is 6. The van der Waals surface area contributed by atoms with E-state index in [1.165, 1.54) is 10.5 Å². The van der Waals surface area contributed by atoms with Crippen molar-refractivity contribution in [3.63, 3.8) is 0 Å². The Balaban J connectivity index is 1.35. The van der Waals surface area contributed by atoms with E-state index in [1.807, 2.05) is 0 Å². The summed E-state index contributed by atoms with van der Waals surface area (Å²) in [6, 6.07) is 0.358. The van der Waals surface area contributed by atoms with Crippen molar-refractivity contribution < 1.29 is 30.8 Å². The molecule has 1 aromatic heterocycles. The molecule has 180 valence electrons. The number of rotatable bonds is 8. The lowest BCUT2D eigenvalue weighted by Gasteiger charge is -2.40. The number of aromatic nitrogens is 1. The molecule has 0 unspecified atom stereocenters. The SMILES string of the molecule is N[C@H](Cc1cc(F)c(F)cc1F)C1C[C@@H]2CC[C@@H](C1)N2S(=O)(=O)CCNC(=O)c1cnco1. The molecular weight excluding hydrogens is 461 g/mol. The molecule has 0 spiro atoms. The Hall–Kier alpha value is -2.44. The Morgan fingerprint density at radius 3 is 2.48 bits per heavy atom. The summed E-state index contributed by atoms with van der Waals surface area (Å²) in [5.74, 6) is -4.10. The van der Waals surface area contributed by atoms with E-state index < -0.39 is 39.4 Å². The van der Waals surface area contributed by atoms with Crippen LogP contribution in [-0.4, -0.2) is 54.0 Å². The van der Waals surface area contributed by atoms with E-state index in [-0.39, 0.29) is 48.0 Å². The number of carbonyl (C=O) groups excluding carboxylic acids is 1. The van der Waals surface area contributed by atoms with Crippen LogP contribution in [0.4, 0.5) is 13.2 Å². The summed E-state index contributed by atoms with van der Waals surface area (Å²) in [4.78, 5) is 15.5. The van der Waals surface area contributed by atoms with Gasteiger partial charge in [-0.2, -0.15) is 4.31 Å². The lowest BCUT2D eigenvalue weighted by atomic mass is 9.83. The fourth-order valence-corrected chi connectivity index (χ4v) is 6.80. The Bertz CT molecular complexity index is 1100. The highest BCUT2D eigenvalue weighted by Crippen LogP contribution is 2.42. The molecule has 3 atom stereocenters. The summed E-state index contributed by atoms with van der Waals surface area (Å²) in [5, 5.41) is 2.51. The van der Waals surface area contributed by atoms with Crippen molar-refractivity contribution in [1.82, 2.24) is 14.6 Å². The summed E-state index contributed by atoms with van der Waals surface area (Å²) < 4.78 is 73.1. The monoisotopic (exact) mass is 486 g/mol. The molecule has 2 aromatic rings. The zero-order chi connectivity index (χ0) is 23.8. The molecule has 3 heterocycles. The second-order valence-corrected chi connectivity index (χ2v) is 10.6. The molecule has 1 amide bonds. The predicted octanol–water partition coefficient (Wildman–Crippen LogP) is 1.96. The summed E-state index contributed by atoms with van der Waals surface area (Å²) >= 11 is 0. The van der Waals surface area contributed by atoms with Crippen molar-refractivity contribution in [1.29, 1.82) is 0 Å². The van der Waals surface area contributed by atoms with Gasteiger partial charge >= 0.3 is 0 Å². The van der Waals surface area contributed by atoms with Crippen LogP contribution in [0.2, 0.25) is 0 Å². The van der Waals surface area contributed by atoms with Crippen molar-refractivity contribution in [2.45, 2.75) is 50.2 Å². The van der Waals surface area contributed by atoms with Crippen LogP contribution >= 0.6 is 0 Å². The Morgan fingerprint density at radius 2 is 1.85 bits per heavy atom. The van der Waals surface area contributed by atoms with E-state index in [9.17, 15) is 26.4 Å². The standard InChI is InChI=1S/C21H25F3N4O4S/c22-16-9-18(24)17(23)7-12(16)8-19(25)13-5-14-1-2-15(6-13)28(14)33(30,31)4-3-27-21(29)20-10-26-11-32-20/h7,9-11,13-15,19H,1-6,8,25H2,(H,27,29)/t14-,15-,19+/m0/s1. The van der Waals surface area contributed by atoms with Crippen molar-refractivity contribution in [2.24, 2.45) is 11.7 Å². The number of nitrogens with one attached hydrogen (secondary N) is 1. The maximum atomic E-state index is 14.0. The Kier molecular flexibility index (Phi) is 6.78. The van der Waals surface area contributed by atoms with Crippen molar-refractivity contribution in [3.05, 3.63) is 53.5 Å². The number of piperidine rings is 1. The van der Waals surface area contributed by atoms with Crippen LogP contribution in [0.25, 0.3) is 0 Å². The van der Waals surface area contributed by atoms with Gasteiger partial charge in [0.15, 0.2) is 18.0 Å². The largest absolute Gasteiger partial charge is 0.438 e. The lowest BCUT2D eigenvalue weighted by molar-refractivity contribution is 0.0928. The smallest absolute Gasteiger partial charge is 0.288 e. The van der Waals surface area contributed by atoms with Crippen molar-refractivity contribution in [3.8, 4) is 0 Å². The number of benzene rings is 1. The molecule has 2 bridgehead atoms. The zero-order valence-corrected chi connectivity index (χ0v) is 18.5. The number of fused-ring (bicyclic) bond motifs is 2. The second kappa shape index (κ2) is 9.43. The van der Waals surface area contributed by atoms with Crippen LogP contribution in [0, 0.1) is 23.4 Å². The predicted molar refractivity (Wildman–Crippen MR) is 112 cm³/mol. The average molecular weight is 487 g/mol. The third kappa shape index (κ3) is 5.07. The summed E-state index contributed by atoms with van der Waals surface area (Å²) in [6.45, 7) is -0.0733. The van der Waals surface area contributed by atoms with Gasteiger partial charge in [-0.15, -0.1) is 0 Å². The third-order valence-electron chi connectivity index (χ3n) is 6.48. The van der Waals surface area contributed by atoms with Crippen LogP contribution in [-0.2, 0) is 16.4 Å². The molecule has 2 aliphatic rings. The highest BCUT2D eigenvalue weighted by Gasteiger charge is 2.47. The van der Waals surface area contributed by atoms with E-state index in [0.717, 1.165) is 12.5 Å². The molecule has 2 saturated heterocycles. The fraction of sp³-hybridized carbons (Fsp3) is 0.524. The normalized spacial score (nSPS) is 24.1. The van der Waals surface area contributed by atoms with E-state index >= 15 is 0 Å². The molecule has 2 aliphatic heterocycles. The molecular formula is C21H25F3N4O4S. The van der Waals surface area contributed by atoms with E-state index in [0.29, 0.717) is 31.7 Å². The number of oxazole rings is 1. The molecule has 8 nitrogen and oxygen atoms in total. The molecule has 0 radical (unpaired) electrons. The molecule has 33 heavy (non-hydrogen) atoms. The molecule has 2 fully saturated rings. The quantitative estimate of drug-likeness (QED) is 0.551. The number of halogens is 3. The highest BCUT2D eigenvalue weighted by molar-refractivity contribution is 7.89. The van der Waals surface area contributed by atoms with E-state index in [2.05, 4.69) is 10.3 Å². The topological polar surface area (TPSA) is 119 Å². The van der Waals surface area contributed by atoms with Crippen LogP contribution in [0.3, 0.4) is 0 Å². The minimum Gasteiger partial charge on any atom is -0.438 e. The fourth-order valence-electron chi connectivity index (χ4n) is 4.93. The van der Waals surface area contributed by atoms with E-state index in [4.69, 9.17) is 10.2 Å². The van der Waals surface area contributed by atoms with Crippen molar-refractivity contribution in [2.75, 3.05) is 12.3 Å². The highest BCUT2D eigenvalue weighted by atomic mass is 32.2. The minimum atomic E-state index is -3.63. The average Bonchev–Trinajstić information content (AvgIpc) is 3.39. The number of nitrogens with two attached hydrogens (primary N) is 1. The summed E-state index contributed by atoms with van der Waals surface area (Å²) in [5.41, 5.74) is 6.30. The number of carbonyl (C=O) groups is 1. The maximum absolute atomic E-state index is 14.0. The van der Waals surface area contributed by atoms with Gasteiger partial charge in [-0.25, -0.2) is 26.6 Å². The van der Waals surface area contributed by atoms with Gasteiger partial charge in [0, 0.05) is 30.7 Å². The number of amides is 1. The molecule has 4 rings (SSSR count). The second-order valence-electron chi connectivity index (χ2n) is 8.61. The molecule has 12 heteroatoms. The van der Waals surface area contributed by atoms with Gasteiger partial charge in [-0.3, -0.25) is 4.79 Å². The van der Waals surface area contributed by atoms with Gasteiger partial charge in [0.05, 0.1) is 11.9 Å². The summed E-state index contributed by atoms with van der Waals surface area (Å²) in [7, 11) is -3.63. The van der Waals surface area contributed by atoms with Gasteiger partial charge in [0.1, 0.15) is 5.82 Å². The van der Waals surface area contributed by atoms with Gasteiger partial charge in [0.25, 0.3) is 5.91 Å². The number of sulfonamides is 1. The first kappa shape index (κ1) is 23.7. The first-order chi connectivity index (χ1) is 15.7. The van der Waals surface area contributed by atoms with Crippen LogP contribution in [0.15, 0.2) is 29.1 Å². The van der Waals surface area contributed by atoms with Crippen LogP contribution < -0.4 is 11.1 Å². The molecule has 0 aliphatic carbocycles. The third-order valence-corrected chi connectivity index (χ3v) is 8.43. The first-order valence-electron chi connectivity index (χ1n) is 10.7. The number of hydrogen-bond donors (Lipinski definition) is 2. The first-order valence-corrected chi connectivity index (χ1v) is 12.3. The summed E-state index contributed by atoms with van der Waals surface area (Å²) in [6.07, 6.45) is 4.78. The van der Waals surface area contributed by atoms with Gasteiger partial charge in [-0.1, -0.05) is 0 Å². The molecule has 0 saturated carbocycles. The van der Waals surface area contributed by atoms with Crippen molar-refractivity contribution >= 4 is 15.9 Å². The lowest BCUT2D eigenvalue weighted by Crippen LogP contribution is -2.51. The maximum Gasteiger partial charge on any atom is 0.288 e. The Morgan fingerprint density at radius 1 is 1.18 bits per heavy atom. The van der Waals surface area contributed by atoms with Gasteiger partial charge < -0.3 is 15.5 Å². The molecule has 1 aromatic carbocycles. The van der Waals surface area contributed by atoms with E-state index in [1.54, 1.807) is 0 Å². The van der Waals surface area contributed by atoms with Crippen LogP contribution in [0.5, 0.6) is 0 Å².